The average molecular weight is 280 g/mol. The van der Waals surface area contributed by atoms with Crippen LogP contribution in [0.15, 0.2) is 0 Å². The number of hydrogen-bond acceptors (Lipinski definition) is 5. The third-order valence-corrected chi connectivity index (χ3v) is 3.69. The lowest BCUT2D eigenvalue weighted by Crippen LogP contribution is -2.21. The fourth-order valence-electron chi connectivity index (χ4n) is 2.64. The predicted molar refractivity (Wildman–Crippen MR) is 75.4 cm³/mol. The monoisotopic (exact) mass is 280 g/mol. The minimum absolute atomic E-state index is 0.165. The summed E-state index contributed by atoms with van der Waals surface area (Å²) >= 11 is 0. The van der Waals surface area contributed by atoms with Gasteiger partial charge in [-0.15, -0.1) is 5.10 Å². The summed E-state index contributed by atoms with van der Waals surface area (Å²) in [4.78, 5) is 11.8. The van der Waals surface area contributed by atoms with E-state index in [2.05, 4.69) is 29.5 Å². The van der Waals surface area contributed by atoms with Crippen molar-refractivity contribution in [2.24, 2.45) is 5.92 Å². The first-order chi connectivity index (χ1) is 9.63. The Morgan fingerprint density at radius 1 is 1.55 bits per heavy atom. The molecular weight excluding hydrogens is 256 g/mol. The Hall–Kier alpha value is -1.43. The molecule has 0 bridgehead atoms. The summed E-state index contributed by atoms with van der Waals surface area (Å²) in [5.41, 5.74) is 1.24. The van der Waals surface area contributed by atoms with Crippen molar-refractivity contribution >= 4 is 5.97 Å². The van der Waals surface area contributed by atoms with Crippen LogP contribution in [0.25, 0.3) is 0 Å². The summed E-state index contributed by atoms with van der Waals surface area (Å²) in [5, 5.41) is 11.6. The van der Waals surface area contributed by atoms with E-state index >= 15 is 0 Å². The molecule has 0 spiro atoms. The first-order valence-electron chi connectivity index (χ1n) is 7.38. The maximum atomic E-state index is 11.8. The zero-order chi connectivity index (χ0) is 14.5. The topological polar surface area (TPSA) is 69.0 Å². The summed E-state index contributed by atoms with van der Waals surface area (Å²) in [7, 11) is 1.38. The van der Waals surface area contributed by atoms with E-state index in [9.17, 15) is 4.79 Å². The van der Waals surface area contributed by atoms with E-state index in [0.717, 1.165) is 44.5 Å². The largest absolute Gasteiger partial charge is 0.464 e. The predicted octanol–water partition coefficient (Wildman–Crippen LogP) is 1.93. The number of rotatable bonds is 6. The van der Waals surface area contributed by atoms with Gasteiger partial charge in [-0.25, -0.2) is 9.48 Å². The van der Waals surface area contributed by atoms with Crippen molar-refractivity contribution in [2.75, 3.05) is 13.7 Å². The molecule has 1 saturated heterocycles. The van der Waals surface area contributed by atoms with Gasteiger partial charge in [0, 0.05) is 6.54 Å². The fraction of sp³-hybridized carbons (Fsp3) is 0.786. The molecule has 20 heavy (non-hydrogen) atoms. The van der Waals surface area contributed by atoms with Gasteiger partial charge in [0.05, 0.1) is 18.8 Å². The second-order valence-corrected chi connectivity index (χ2v) is 5.72. The standard InChI is InChI=1S/C14H24N4O2/c1-10(2)6-5-9-18-13(11-7-4-8-15-11)12(16-17-18)14(19)20-3/h10-11,15H,4-9H2,1-3H3. The molecule has 1 unspecified atom stereocenters. The Morgan fingerprint density at radius 3 is 2.95 bits per heavy atom. The smallest absolute Gasteiger partial charge is 0.360 e. The van der Waals surface area contributed by atoms with Gasteiger partial charge in [0.15, 0.2) is 5.69 Å². The van der Waals surface area contributed by atoms with E-state index in [0.29, 0.717) is 11.6 Å². The van der Waals surface area contributed by atoms with Gasteiger partial charge in [-0.3, -0.25) is 0 Å². The molecule has 2 heterocycles. The zero-order valence-electron chi connectivity index (χ0n) is 12.6. The average Bonchev–Trinajstić information content (AvgIpc) is 3.05. The number of aryl methyl sites for hydroxylation is 1. The SMILES string of the molecule is COC(=O)c1nnn(CCCC(C)C)c1C1CCCN1. The highest BCUT2D eigenvalue weighted by Crippen LogP contribution is 2.25. The van der Waals surface area contributed by atoms with Crippen LogP contribution < -0.4 is 5.32 Å². The highest BCUT2D eigenvalue weighted by Gasteiger charge is 2.28. The number of nitrogens with one attached hydrogen (secondary N) is 1. The molecule has 1 aromatic rings. The lowest BCUT2D eigenvalue weighted by Gasteiger charge is -2.14. The molecule has 1 atom stereocenters. The van der Waals surface area contributed by atoms with Gasteiger partial charge < -0.3 is 10.1 Å². The number of hydrogen-bond donors (Lipinski definition) is 1. The molecule has 0 radical (unpaired) electrons. The first-order valence-corrected chi connectivity index (χ1v) is 7.38. The van der Waals surface area contributed by atoms with Gasteiger partial charge in [0.1, 0.15) is 0 Å². The molecule has 0 aromatic carbocycles. The Bertz CT molecular complexity index is 450. The maximum Gasteiger partial charge on any atom is 0.360 e. The highest BCUT2D eigenvalue weighted by atomic mass is 16.5. The van der Waals surface area contributed by atoms with E-state index in [1.54, 1.807) is 0 Å². The molecule has 2 rings (SSSR count). The molecule has 0 aliphatic carbocycles. The Kier molecular flexibility index (Phi) is 5.11. The second-order valence-electron chi connectivity index (χ2n) is 5.72. The number of carbonyl (C=O) groups excluding carboxylic acids is 1. The summed E-state index contributed by atoms with van der Waals surface area (Å²) in [6, 6.07) is 0.165. The molecule has 1 N–H and O–H groups in total. The van der Waals surface area contributed by atoms with Gasteiger partial charge in [-0.1, -0.05) is 19.1 Å². The zero-order valence-corrected chi connectivity index (χ0v) is 12.6. The highest BCUT2D eigenvalue weighted by molar-refractivity contribution is 5.88. The summed E-state index contributed by atoms with van der Waals surface area (Å²) < 4.78 is 6.68. The lowest BCUT2D eigenvalue weighted by atomic mass is 10.1. The maximum absolute atomic E-state index is 11.8. The number of esters is 1. The van der Waals surface area contributed by atoms with Crippen molar-refractivity contribution in [1.82, 2.24) is 20.3 Å². The molecule has 1 aromatic heterocycles. The van der Waals surface area contributed by atoms with Gasteiger partial charge in [-0.2, -0.15) is 0 Å². The molecule has 0 amide bonds. The quantitative estimate of drug-likeness (QED) is 0.806. The number of ether oxygens (including phenoxy) is 1. The number of carbonyl (C=O) groups is 1. The van der Waals surface area contributed by atoms with Crippen LogP contribution in [-0.4, -0.2) is 34.6 Å². The molecule has 112 valence electrons. The van der Waals surface area contributed by atoms with E-state index in [4.69, 9.17) is 4.74 Å². The number of aromatic nitrogens is 3. The van der Waals surface area contributed by atoms with E-state index in [1.165, 1.54) is 7.11 Å². The lowest BCUT2D eigenvalue weighted by molar-refractivity contribution is 0.0591. The fourth-order valence-corrected chi connectivity index (χ4v) is 2.64. The Balaban J connectivity index is 2.17. The molecular formula is C14H24N4O2. The first kappa shape index (κ1) is 15.0. The summed E-state index contributed by atoms with van der Waals surface area (Å²) in [6.07, 6.45) is 4.32. The minimum Gasteiger partial charge on any atom is -0.464 e. The molecule has 1 aliphatic heterocycles. The van der Waals surface area contributed by atoms with Crippen LogP contribution in [0, 0.1) is 5.92 Å². The molecule has 1 fully saturated rings. The number of nitrogens with zero attached hydrogens (tertiary/aromatic N) is 3. The number of methoxy groups -OCH3 is 1. The minimum atomic E-state index is -0.399. The Labute approximate surface area is 119 Å². The van der Waals surface area contributed by atoms with E-state index in [-0.39, 0.29) is 6.04 Å². The van der Waals surface area contributed by atoms with Crippen LogP contribution in [0.2, 0.25) is 0 Å². The molecule has 0 saturated carbocycles. The van der Waals surface area contributed by atoms with Crippen LogP contribution in [0.3, 0.4) is 0 Å². The van der Waals surface area contributed by atoms with Crippen molar-refractivity contribution in [1.29, 1.82) is 0 Å². The third kappa shape index (κ3) is 3.36. The van der Waals surface area contributed by atoms with Crippen molar-refractivity contribution in [3.8, 4) is 0 Å². The van der Waals surface area contributed by atoms with Crippen LogP contribution in [-0.2, 0) is 11.3 Å². The van der Waals surface area contributed by atoms with Crippen molar-refractivity contribution < 1.29 is 9.53 Å². The van der Waals surface area contributed by atoms with Gasteiger partial charge in [0.25, 0.3) is 0 Å². The molecule has 6 nitrogen and oxygen atoms in total. The van der Waals surface area contributed by atoms with Crippen LogP contribution in [0.1, 0.15) is 61.8 Å². The van der Waals surface area contributed by atoms with Crippen molar-refractivity contribution in [3.63, 3.8) is 0 Å². The van der Waals surface area contributed by atoms with E-state index < -0.39 is 5.97 Å². The normalized spacial score (nSPS) is 18.7. The molecule has 1 aliphatic rings. The van der Waals surface area contributed by atoms with E-state index in [1.807, 2.05) is 4.68 Å². The third-order valence-electron chi connectivity index (χ3n) is 3.69. The van der Waals surface area contributed by atoms with Crippen molar-refractivity contribution in [3.05, 3.63) is 11.4 Å². The van der Waals surface area contributed by atoms with Crippen LogP contribution in [0.5, 0.6) is 0 Å². The van der Waals surface area contributed by atoms with Gasteiger partial charge in [-0.05, 0) is 38.1 Å². The van der Waals surface area contributed by atoms with Crippen LogP contribution in [0.4, 0.5) is 0 Å². The molecule has 6 heteroatoms. The van der Waals surface area contributed by atoms with Crippen LogP contribution >= 0.6 is 0 Å². The summed E-state index contributed by atoms with van der Waals surface area (Å²) in [5.74, 6) is 0.274. The van der Waals surface area contributed by atoms with Gasteiger partial charge >= 0.3 is 5.97 Å². The second kappa shape index (κ2) is 6.83. The summed E-state index contributed by atoms with van der Waals surface area (Å²) in [6.45, 7) is 6.19. The van der Waals surface area contributed by atoms with Crippen molar-refractivity contribution in [2.45, 2.75) is 52.1 Å². The Morgan fingerprint density at radius 2 is 2.35 bits per heavy atom. The van der Waals surface area contributed by atoms with Gasteiger partial charge in [0.2, 0.25) is 0 Å².